The zero-order valence-corrected chi connectivity index (χ0v) is 20.5. The predicted octanol–water partition coefficient (Wildman–Crippen LogP) is 4.71. The molecule has 35 heavy (non-hydrogen) atoms. The molecule has 180 valence electrons. The molecule has 8 nitrogen and oxygen atoms in total. The highest BCUT2D eigenvalue weighted by molar-refractivity contribution is 8.18. The van der Waals surface area contributed by atoms with E-state index in [1.54, 1.807) is 12.1 Å². The highest BCUT2D eigenvalue weighted by Crippen LogP contribution is 2.36. The molecule has 1 saturated heterocycles. The molecule has 0 spiro atoms. The Balaban J connectivity index is 1.54. The van der Waals surface area contributed by atoms with Gasteiger partial charge in [-0.1, -0.05) is 36.4 Å². The first-order chi connectivity index (χ1) is 16.8. The SMILES string of the molecule is COc1ccc(S(=O)(=O)Oc2ccc(/C=C3\SC(=O)N(Cc4ccccc4)C3=O)cc2OC)cc1. The maximum absolute atomic E-state index is 12.8. The fourth-order valence-corrected chi connectivity index (χ4v) is 5.08. The summed E-state index contributed by atoms with van der Waals surface area (Å²) in [4.78, 5) is 26.6. The maximum atomic E-state index is 12.8. The monoisotopic (exact) mass is 511 g/mol. The van der Waals surface area contributed by atoms with E-state index in [1.807, 2.05) is 30.3 Å². The largest absolute Gasteiger partial charge is 0.497 e. The van der Waals surface area contributed by atoms with Crippen LogP contribution in [0.1, 0.15) is 11.1 Å². The van der Waals surface area contributed by atoms with Gasteiger partial charge in [-0.3, -0.25) is 14.5 Å². The first kappa shape index (κ1) is 24.4. The van der Waals surface area contributed by atoms with E-state index in [0.717, 1.165) is 17.3 Å². The van der Waals surface area contributed by atoms with Crippen LogP contribution < -0.4 is 13.7 Å². The van der Waals surface area contributed by atoms with Gasteiger partial charge in [-0.05, 0) is 65.4 Å². The second-order valence-electron chi connectivity index (χ2n) is 7.38. The van der Waals surface area contributed by atoms with E-state index in [1.165, 1.54) is 55.5 Å². The summed E-state index contributed by atoms with van der Waals surface area (Å²) in [6.07, 6.45) is 1.56. The Bertz CT molecular complexity index is 1390. The molecule has 2 amide bonds. The van der Waals surface area contributed by atoms with Crippen LogP contribution in [0.4, 0.5) is 4.79 Å². The van der Waals surface area contributed by atoms with Gasteiger partial charge in [-0.25, -0.2) is 0 Å². The van der Waals surface area contributed by atoms with Crippen molar-refractivity contribution in [2.75, 3.05) is 14.2 Å². The van der Waals surface area contributed by atoms with E-state index in [4.69, 9.17) is 13.7 Å². The Kier molecular flexibility index (Phi) is 7.13. The lowest BCUT2D eigenvalue weighted by atomic mass is 10.1. The molecular formula is C25H21NO7S2. The van der Waals surface area contributed by atoms with Crippen LogP contribution in [0, 0.1) is 0 Å². The summed E-state index contributed by atoms with van der Waals surface area (Å²) in [5.74, 6) is 0.251. The van der Waals surface area contributed by atoms with E-state index in [0.29, 0.717) is 11.3 Å². The van der Waals surface area contributed by atoms with Crippen LogP contribution in [-0.4, -0.2) is 38.7 Å². The molecule has 1 aliphatic heterocycles. The number of nitrogens with zero attached hydrogens (tertiary/aromatic N) is 1. The minimum absolute atomic E-state index is 0.0161. The van der Waals surface area contributed by atoms with E-state index in [2.05, 4.69) is 0 Å². The van der Waals surface area contributed by atoms with Gasteiger partial charge in [-0.15, -0.1) is 0 Å². The first-order valence-electron chi connectivity index (χ1n) is 10.4. The molecule has 1 aliphatic rings. The number of carbonyl (C=O) groups excluding carboxylic acids is 2. The number of hydrogen-bond acceptors (Lipinski definition) is 8. The number of ether oxygens (including phenoxy) is 2. The Labute approximate surface area is 207 Å². The molecule has 3 aromatic carbocycles. The van der Waals surface area contributed by atoms with Gasteiger partial charge in [-0.2, -0.15) is 8.42 Å². The quantitative estimate of drug-likeness (QED) is 0.317. The molecule has 0 radical (unpaired) electrons. The average molecular weight is 512 g/mol. The van der Waals surface area contributed by atoms with Gasteiger partial charge in [0.1, 0.15) is 10.6 Å². The zero-order valence-electron chi connectivity index (χ0n) is 18.8. The Hall–Kier alpha value is -3.76. The second-order valence-corrected chi connectivity index (χ2v) is 9.92. The van der Waals surface area contributed by atoms with Crippen LogP contribution in [0.3, 0.4) is 0 Å². The van der Waals surface area contributed by atoms with Crippen molar-refractivity contribution >= 4 is 39.1 Å². The molecule has 10 heteroatoms. The number of methoxy groups -OCH3 is 2. The second kappa shape index (κ2) is 10.2. The van der Waals surface area contributed by atoms with Gasteiger partial charge in [0.15, 0.2) is 11.5 Å². The molecule has 0 atom stereocenters. The number of carbonyl (C=O) groups is 2. The smallest absolute Gasteiger partial charge is 0.339 e. The van der Waals surface area contributed by atoms with Crippen molar-refractivity contribution in [3.63, 3.8) is 0 Å². The number of hydrogen-bond donors (Lipinski definition) is 0. The summed E-state index contributed by atoms with van der Waals surface area (Å²) in [6.45, 7) is 0.183. The van der Waals surface area contributed by atoms with Crippen molar-refractivity contribution in [1.29, 1.82) is 0 Å². The molecule has 0 aliphatic carbocycles. The van der Waals surface area contributed by atoms with Gasteiger partial charge in [0.2, 0.25) is 0 Å². The highest BCUT2D eigenvalue weighted by atomic mass is 32.2. The lowest BCUT2D eigenvalue weighted by molar-refractivity contribution is -0.123. The van der Waals surface area contributed by atoms with Crippen LogP contribution in [0.5, 0.6) is 17.2 Å². The lowest BCUT2D eigenvalue weighted by Crippen LogP contribution is -2.27. The van der Waals surface area contributed by atoms with Crippen molar-refractivity contribution in [1.82, 2.24) is 4.90 Å². The van der Waals surface area contributed by atoms with E-state index < -0.39 is 16.0 Å². The molecule has 3 aromatic rings. The van der Waals surface area contributed by atoms with Gasteiger partial charge < -0.3 is 13.7 Å². The summed E-state index contributed by atoms with van der Waals surface area (Å²) in [5, 5.41) is -0.359. The molecular weight excluding hydrogens is 490 g/mol. The molecule has 1 heterocycles. The minimum atomic E-state index is -4.12. The number of amides is 2. The molecule has 0 N–H and O–H groups in total. The first-order valence-corrected chi connectivity index (χ1v) is 12.6. The summed E-state index contributed by atoms with van der Waals surface area (Å²) in [7, 11) is -1.26. The fraction of sp³-hybridized carbons (Fsp3) is 0.120. The van der Waals surface area contributed by atoms with Crippen molar-refractivity contribution in [2.45, 2.75) is 11.4 Å². The average Bonchev–Trinajstić information content (AvgIpc) is 3.12. The normalized spacial score (nSPS) is 14.9. The van der Waals surface area contributed by atoms with Crippen molar-refractivity contribution in [2.24, 2.45) is 0 Å². The number of benzene rings is 3. The molecule has 0 unspecified atom stereocenters. The van der Waals surface area contributed by atoms with Crippen LogP contribution in [0.25, 0.3) is 6.08 Å². The third kappa shape index (κ3) is 5.50. The lowest BCUT2D eigenvalue weighted by Gasteiger charge is -2.12. The van der Waals surface area contributed by atoms with Crippen LogP contribution in [0.2, 0.25) is 0 Å². The summed E-state index contributed by atoms with van der Waals surface area (Å²) in [6, 6.07) is 19.6. The summed E-state index contributed by atoms with van der Waals surface area (Å²) in [5.41, 5.74) is 1.39. The van der Waals surface area contributed by atoms with E-state index >= 15 is 0 Å². The third-order valence-electron chi connectivity index (χ3n) is 5.09. The Morgan fingerprint density at radius 1 is 0.886 bits per heavy atom. The maximum Gasteiger partial charge on any atom is 0.339 e. The number of thioether (sulfide) groups is 1. The van der Waals surface area contributed by atoms with Gasteiger partial charge in [0, 0.05) is 0 Å². The zero-order chi connectivity index (χ0) is 25.0. The number of imide groups is 1. The standard InChI is InChI=1S/C25H21NO7S2/c1-31-19-9-11-20(12-10-19)35(29,30)33-21-13-8-18(14-22(21)32-2)15-23-24(27)26(25(28)34-23)16-17-6-4-3-5-7-17/h3-15H,16H2,1-2H3/b23-15-. The molecule has 0 aromatic heterocycles. The number of rotatable bonds is 8. The van der Waals surface area contributed by atoms with Crippen molar-refractivity contribution in [3.8, 4) is 17.2 Å². The van der Waals surface area contributed by atoms with Gasteiger partial charge in [0.05, 0.1) is 25.7 Å². The van der Waals surface area contributed by atoms with Gasteiger partial charge in [0.25, 0.3) is 11.1 Å². The highest BCUT2D eigenvalue weighted by Gasteiger charge is 2.35. The van der Waals surface area contributed by atoms with Crippen molar-refractivity contribution in [3.05, 3.63) is 88.8 Å². The third-order valence-corrected chi connectivity index (χ3v) is 7.25. The summed E-state index contributed by atoms with van der Waals surface area (Å²) >= 11 is 0.844. The van der Waals surface area contributed by atoms with Crippen LogP contribution in [-0.2, 0) is 21.5 Å². The van der Waals surface area contributed by atoms with Crippen molar-refractivity contribution < 1.29 is 31.7 Å². The predicted molar refractivity (Wildman–Crippen MR) is 132 cm³/mol. The van der Waals surface area contributed by atoms with E-state index in [-0.39, 0.29) is 33.1 Å². The minimum Gasteiger partial charge on any atom is -0.497 e. The van der Waals surface area contributed by atoms with E-state index in [9.17, 15) is 18.0 Å². The Morgan fingerprint density at radius 2 is 1.60 bits per heavy atom. The molecule has 1 fully saturated rings. The van der Waals surface area contributed by atoms with Crippen LogP contribution >= 0.6 is 11.8 Å². The summed E-state index contributed by atoms with van der Waals surface area (Å²) < 4.78 is 41.0. The molecule has 0 saturated carbocycles. The van der Waals surface area contributed by atoms with Gasteiger partial charge >= 0.3 is 10.1 Å². The topological polar surface area (TPSA) is 99.2 Å². The Morgan fingerprint density at radius 3 is 2.26 bits per heavy atom. The molecule has 4 rings (SSSR count). The molecule has 0 bridgehead atoms. The fourth-order valence-electron chi connectivity index (χ4n) is 3.31. The van der Waals surface area contributed by atoms with Crippen LogP contribution in [0.15, 0.2) is 82.6 Å².